The van der Waals surface area contributed by atoms with Crippen molar-refractivity contribution in [3.63, 3.8) is 0 Å². The maximum absolute atomic E-state index is 9.82. The molecule has 0 radical (unpaired) electrons. The molecule has 1 heterocycles. The minimum absolute atomic E-state index is 0.0926. The molecule has 23 heavy (non-hydrogen) atoms. The molecule has 0 saturated carbocycles. The molecule has 0 bridgehead atoms. The lowest BCUT2D eigenvalue weighted by Crippen LogP contribution is -2.40. The lowest BCUT2D eigenvalue weighted by Gasteiger charge is -2.38. The van der Waals surface area contributed by atoms with Gasteiger partial charge < -0.3 is 10.2 Å². The van der Waals surface area contributed by atoms with Crippen LogP contribution in [0.4, 0.5) is 0 Å². The van der Waals surface area contributed by atoms with E-state index in [1.165, 1.54) is 11.1 Å². The van der Waals surface area contributed by atoms with E-state index in [2.05, 4.69) is 41.3 Å². The molecular weight excluding hydrogens is 286 g/mol. The van der Waals surface area contributed by atoms with Crippen molar-refractivity contribution >= 4 is 0 Å². The van der Waals surface area contributed by atoms with Crippen LogP contribution in [0.25, 0.3) is 0 Å². The Morgan fingerprint density at radius 2 is 1.61 bits per heavy atom. The number of rotatable bonds is 5. The molecule has 0 aromatic heterocycles. The Morgan fingerprint density at radius 3 is 2.26 bits per heavy atom. The molecule has 2 aromatic carbocycles. The van der Waals surface area contributed by atoms with Gasteiger partial charge >= 0.3 is 0 Å². The first-order valence-corrected chi connectivity index (χ1v) is 8.37. The van der Waals surface area contributed by atoms with Crippen molar-refractivity contribution in [3.05, 3.63) is 71.3 Å². The summed E-state index contributed by atoms with van der Waals surface area (Å²) < 4.78 is 0. The fourth-order valence-corrected chi connectivity index (χ4v) is 3.58. The van der Waals surface area contributed by atoms with Gasteiger partial charge in [-0.3, -0.25) is 4.90 Å². The summed E-state index contributed by atoms with van der Waals surface area (Å²) in [5.41, 5.74) is 3.56. The number of hydrogen-bond acceptors (Lipinski definition) is 3. The van der Waals surface area contributed by atoms with Gasteiger partial charge in [-0.15, -0.1) is 0 Å². The summed E-state index contributed by atoms with van der Waals surface area (Å²) in [6, 6.07) is 18.7. The molecule has 0 spiro atoms. The highest BCUT2D eigenvalue weighted by atomic mass is 16.3. The average Bonchev–Trinajstić information content (AvgIpc) is 2.63. The summed E-state index contributed by atoms with van der Waals surface area (Å²) >= 11 is 0. The number of hydrogen-bond donors (Lipinski definition) is 2. The smallest absolute Gasteiger partial charge is 0.0681 e. The van der Waals surface area contributed by atoms with Crippen LogP contribution in [0.15, 0.2) is 54.6 Å². The fourth-order valence-electron chi connectivity index (χ4n) is 3.58. The Labute approximate surface area is 138 Å². The van der Waals surface area contributed by atoms with E-state index in [0.29, 0.717) is 11.8 Å². The van der Waals surface area contributed by atoms with Crippen molar-refractivity contribution in [2.45, 2.75) is 25.5 Å². The van der Waals surface area contributed by atoms with E-state index in [-0.39, 0.29) is 13.2 Å². The Hall–Kier alpha value is -1.68. The molecule has 0 aliphatic carbocycles. The average molecular weight is 311 g/mol. The van der Waals surface area contributed by atoms with Crippen molar-refractivity contribution in [1.82, 2.24) is 4.90 Å². The molecule has 2 atom stereocenters. The Bertz CT molecular complexity index is 597. The summed E-state index contributed by atoms with van der Waals surface area (Å²) in [4.78, 5) is 2.42. The van der Waals surface area contributed by atoms with Gasteiger partial charge in [-0.2, -0.15) is 0 Å². The summed E-state index contributed by atoms with van der Waals surface area (Å²) in [6.07, 6.45) is 1.09. The van der Waals surface area contributed by atoms with Crippen LogP contribution in [0.1, 0.15) is 29.0 Å². The zero-order valence-electron chi connectivity index (χ0n) is 13.4. The SMILES string of the molecule is OCc1ccc(CN2CC[C@@H](c3ccccc3)[C@@H](CO)C2)cc1. The van der Waals surface area contributed by atoms with Gasteiger partial charge in [0.25, 0.3) is 0 Å². The van der Waals surface area contributed by atoms with E-state index < -0.39 is 0 Å². The predicted octanol–water partition coefficient (Wildman–Crippen LogP) is 2.78. The maximum atomic E-state index is 9.82. The first-order valence-electron chi connectivity index (χ1n) is 8.37. The lowest BCUT2D eigenvalue weighted by molar-refractivity contribution is 0.0972. The standard InChI is InChI=1S/C20H25NO2/c22-14-17-8-6-16(7-9-17)12-21-11-10-20(19(13-21)15-23)18-4-2-1-3-5-18/h1-9,19-20,22-23H,10-15H2/t19-,20+/m1/s1. The Kier molecular flexibility index (Phi) is 5.44. The molecule has 2 aromatic rings. The number of piperidine rings is 1. The third-order valence-electron chi connectivity index (χ3n) is 4.89. The highest BCUT2D eigenvalue weighted by Gasteiger charge is 2.29. The van der Waals surface area contributed by atoms with E-state index in [9.17, 15) is 5.11 Å². The summed E-state index contributed by atoms with van der Waals surface area (Å²) in [7, 11) is 0. The van der Waals surface area contributed by atoms with Crippen molar-refractivity contribution in [2.75, 3.05) is 19.7 Å². The van der Waals surface area contributed by atoms with Crippen LogP contribution in [0.2, 0.25) is 0 Å². The van der Waals surface area contributed by atoms with Crippen molar-refractivity contribution in [2.24, 2.45) is 5.92 Å². The van der Waals surface area contributed by atoms with Crippen molar-refractivity contribution < 1.29 is 10.2 Å². The zero-order chi connectivity index (χ0) is 16.1. The van der Waals surface area contributed by atoms with E-state index in [1.54, 1.807) is 0 Å². The second-order valence-corrected chi connectivity index (χ2v) is 6.46. The highest BCUT2D eigenvalue weighted by molar-refractivity contribution is 5.23. The monoisotopic (exact) mass is 311 g/mol. The molecule has 3 nitrogen and oxygen atoms in total. The minimum Gasteiger partial charge on any atom is -0.396 e. The van der Waals surface area contributed by atoms with E-state index in [4.69, 9.17) is 5.11 Å². The number of aliphatic hydroxyl groups is 2. The first kappa shape index (κ1) is 16.2. The number of benzene rings is 2. The third-order valence-corrected chi connectivity index (χ3v) is 4.89. The minimum atomic E-state index is 0.0926. The summed E-state index contributed by atoms with van der Waals surface area (Å²) in [6.45, 7) is 3.22. The molecule has 2 N–H and O–H groups in total. The molecule has 1 saturated heterocycles. The Morgan fingerprint density at radius 1 is 0.913 bits per heavy atom. The van der Waals surface area contributed by atoms with Gasteiger partial charge in [0.15, 0.2) is 0 Å². The lowest BCUT2D eigenvalue weighted by atomic mass is 9.81. The van der Waals surface area contributed by atoms with Gasteiger partial charge in [0.2, 0.25) is 0 Å². The van der Waals surface area contributed by atoms with Gasteiger partial charge in [-0.25, -0.2) is 0 Å². The highest BCUT2D eigenvalue weighted by Crippen LogP contribution is 2.33. The van der Waals surface area contributed by atoms with Crippen LogP contribution in [-0.2, 0) is 13.2 Å². The van der Waals surface area contributed by atoms with E-state index >= 15 is 0 Å². The van der Waals surface area contributed by atoms with E-state index in [0.717, 1.165) is 31.6 Å². The molecule has 1 aliphatic rings. The Balaban J connectivity index is 1.64. The first-order chi connectivity index (χ1) is 11.3. The van der Waals surface area contributed by atoms with Crippen LogP contribution in [0.5, 0.6) is 0 Å². The maximum Gasteiger partial charge on any atom is 0.0681 e. The van der Waals surface area contributed by atoms with Gasteiger partial charge in [0, 0.05) is 25.6 Å². The van der Waals surface area contributed by atoms with Crippen LogP contribution in [-0.4, -0.2) is 34.8 Å². The van der Waals surface area contributed by atoms with Crippen LogP contribution >= 0.6 is 0 Å². The molecule has 1 aliphatic heterocycles. The molecule has 3 heteroatoms. The molecule has 0 unspecified atom stereocenters. The topological polar surface area (TPSA) is 43.7 Å². The van der Waals surface area contributed by atoms with Crippen molar-refractivity contribution in [1.29, 1.82) is 0 Å². The van der Waals surface area contributed by atoms with Gasteiger partial charge in [0.1, 0.15) is 0 Å². The largest absolute Gasteiger partial charge is 0.396 e. The van der Waals surface area contributed by atoms with Gasteiger partial charge in [-0.05, 0) is 35.6 Å². The molecule has 1 fully saturated rings. The second-order valence-electron chi connectivity index (χ2n) is 6.46. The second kappa shape index (κ2) is 7.73. The summed E-state index contributed by atoms with van der Waals surface area (Å²) in [5.74, 6) is 0.747. The fraction of sp³-hybridized carbons (Fsp3) is 0.400. The molecular formula is C20H25NO2. The molecule has 3 rings (SSSR count). The van der Waals surface area contributed by atoms with Crippen LogP contribution in [0, 0.1) is 5.92 Å². The number of likely N-dealkylation sites (tertiary alicyclic amines) is 1. The summed E-state index contributed by atoms with van der Waals surface area (Å²) in [5, 5.41) is 18.9. The molecule has 0 amide bonds. The third kappa shape index (κ3) is 3.99. The quantitative estimate of drug-likeness (QED) is 0.892. The van der Waals surface area contributed by atoms with Crippen molar-refractivity contribution in [3.8, 4) is 0 Å². The van der Waals surface area contributed by atoms with E-state index in [1.807, 2.05) is 18.2 Å². The van der Waals surface area contributed by atoms with Crippen LogP contribution in [0.3, 0.4) is 0 Å². The predicted molar refractivity (Wildman–Crippen MR) is 92.0 cm³/mol. The number of aliphatic hydroxyl groups excluding tert-OH is 2. The van der Waals surface area contributed by atoms with Gasteiger partial charge in [0.05, 0.1) is 6.61 Å². The number of nitrogens with zero attached hydrogens (tertiary/aromatic N) is 1. The zero-order valence-corrected chi connectivity index (χ0v) is 13.4. The molecule has 122 valence electrons. The van der Waals surface area contributed by atoms with Crippen LogP contribution < -0.4 is 0 Å². The van der Waals surface area contributed by atoms with Gasteiger partial charge in [-0.1, -0.05) is 54.6 Å². The normalized spacial score (nSPS) is 22.2.